The molecule has 2 atom stereocenters. The smallest absolute Gasteiger partial charge is 0.137 e. The van der Waals surface area contributed by atoms with E-state index < -0.39 is 0 Å². The number of nitrogens with zero attached hydrogens (tertiary/aromatic N) is 2. The van der Waals surface area contributed by atoms with Gasteiger partial charge in [-0.3, -0.25) is 0 Å². The van der Waals surface area contributed by atoms with Gasteiger partial charge in [0.15, 0.2) is 0 Å². The summed E-state index contributed by atoms with van der Waals surface area (Å²) in [6.07, 6.45) is 4.10. The highest BCUT2D eigenvalue weighted by molar-refractivity contribution is 5.38. The third kappa shape index (κ3) is 3.09. The average molecular weight is 235 g/mol. The van der Waals surface area contributed by atoms with Gasteiger partial charge in [-0.05, 0) is 38.9 Å². The normalized spacial score (nSPS) is 25.6. The summed E-state index contributed by atoms with van der Waals surface area (Å²) < 4.78 is 5.09. The molecule has 17 heavy (non-hydrogen) atoms. The van der Waals surface area contributed by atoms with E-state index in [1.54, 1.807) is 13.3 Å². The Labute approximate surface area is 103 Å². The van der Waals surface area contributed by atoms with Gasteiger partial charge in [0.2, 0.25) is 0 Å². The van der Waals surface area contributed by atoms with Crippen LogP contribution in [-0.2, 0) is 0 Å². The van der Waals surface area contributed by atoms with Crippen molar-refractivity contribution in [3.05, 3.63) is 18.3 Å². The highest BCUT2D eigenvalue weighted by Crippen LogP contribution is 2.19. The van der Waals surface area contributed by atoms with Crippen LogP contribution >= 0.6 is 0 Å². The van der Waals surface area contributed by atoms with E-state index in [-0.39, 0.29) is 0 Å². The minimum atomic E-state index is 0.530. The second-order valence-electron chi connectivity index (χ2n) is 4.78. The van der Waals surface area contributed by atoms with Gasteiger partial charge in [-0.2, -0.15) is 0 Å². The third-order valence-electron chi connectivity index (χ3n) is 3.53. The van der Waals surface area contributed by atoms with E-state index in [9.17, 15) is 0 Å². The van der Waals surface area contributed by atoms with Crippen LogP contribution in [0, 0.1) is 0 Å². The zero-order valence-electron chi connectivity index (χ0n) is 10.8. The van der Waals surface area contributed by atoms with E-state index in [0.29, 0.717) is 12.1 Å². The zero-order chi connectivity index (χ0) is 12.3. The molecule has 1 aromatic rings. The molecule has 1 aliphatic rings. The number of rotatable bonds is 3. The first-order valence-electron chi connectivity index (χ1n) is 6.16. The SMILES string of the molecule is COc1ccc(NC2CCN(C)C(C)C2)nc1. The molecule has 1 N–H and O–H groups in total. The molecule has 0 radical (unpaired) electrons. The van der Waals surface area contributed by atoms with Gasteiger partial charge in [0.1, 0.15) is 11.6 Å². The molecule has 2 rings (SSSR count). The van der Waals surface area contributed by atoms with Gasteiger partial charge in [-0.1, -0.05) is 0 Å². The van der Waals surface area contributed by atoms with Crippen molar-refractivity contribution in [2.24, 2.45) is 0 Å². The molecule has 0 saturated carbocycles. The number of hydrogen-bond donors (Lipinski definition) is 1. The van der Waals surface area contributed by atoms with E-state index in [1.807, 2.05) is 12.1 Å². The number of ether oxygens (including phenoxy) is 1. The first kappa shape index (κ1) is 12.2. The van der Waals surface area contributed by atoms with E-state index >= 15 is 0 Å². The summed E-state index contributed by atoms with van der Waals surface area (Å²) in [5.41, 5.74) is 0. The summed E-state index contributed by atoms with van der Waals surface area (Å²) >= 11 is 0. The van der Waals surface area contributed by atoms with Crippen LogP contribution in [0.25, 0.3) is 0 Å². The van der Waals surface area contributed by atoms with Crippen LogP contribution in [0.2, 0.25) is 0 Å². The molecular weight excluding hydrogens is 214 g/mol. The van der Waals surface area contributed by atoms with Crippen LogP contribution < -0.4 is 10.1 Å². The Kier molecular flexibility index (Phi) is 3.84. The Morgan fingerprint density at radius 1 is 1.47 bits per heavy atom. The molecule has 0 bridgehead atoms. The lowest BCUT2D eigenvalue weighted by Crippen LogP contribution is -2.42. The van der Waals surface area contributed by atoms with Gasteiger partial charge in [0.05, 0.1) is 13.3 Å². The number of likely N-dealkylation sites (tertiary alicyclic amines) is 1. The molecule has 4 heteroatoms. The largest absolute Gasteiger partial charge is 0.495 e. The fraction of sp³-hybridized carbons (Fsp3) is 0.615. The van der Waals surface area contributed by atoms with Crippen molar-refractivity contribution in [3.8, 4) is 5.75 Å². The van der Waals surface area contributed by atoms with Crippen molar-refractivity contribution in [1.29, 1.82) is 0 Å². The maximum absolute atomic E-state index is 5.09. The van der Waals surface area contributed by atoms with Gasteiger partial charge >= 0.3 is 0 Å². The van der Waals surface area contributed by atoms with E-state index in [2.05, 4.69) is 29.2 Å². The van der Waals surface area contributed by atoms with Gasteiger partial charge in [0, 0.05) is 18.6 Å². The van der Waals surface area contributed by atoms with Gasteiger partial charge in [-0.25, -0.2) is 4.98 Å². The van der Waals surface area contributed by atoms with Crippen molar-refractivity contribution >= 4 is 5.82 Å². The quantitative estimate of drug-likeness (QED) is 0.869. The second kappa shape index (κ2) is 5.36. The molecule has 0 aromatic carbocycles. The Morgan fingerprint density at radius 2 is 2.29 bits per heavy atom. The fourth-order valence-electron chi connectivity index (χ4n) is 2.22. The topological polar surface area (TPSA) is 37.4 Å². The monoisotopic (exact) mass is 235 g/mol. The van der Waals surface area contributed by atoms with Crippen LogP contribution in [0.4, 0.5) is 5.82 Å². The molecule has 0 amide bonds. The van der Waals surface area contributed by atoms with Crippen LogP contribution in [0.5, 0.6) is 5.75 Å². The molecule has 2 unspecified atom stereocenters. The van der Waals surface area contributed by atoms with Crippen molar-refractivity contribution in [2.75, 3.05) is 26.0 Å². The summed E-state index contributed by atoms with van der Waals surface area (Å²) in [4.78, 5) is 6.74. The Bertz CT molecular complexity index is 352. The Morgan fingerprint density at radius 3 is 2.88 bits per heavy atom. The Balaban J connectivity index is 1.92. The summed E-state index contributed by atoms with van der Waals surface area (Å²) in [7, 11) is 3.84. The number of methoxy groups -OCH3 is 1. The molecular formula is C13H21N3O. The molecule has 1 aromatic heterocycles. The van der Waals surface area contributed by atoms with Gasteiger partial charge < -0.3 is 15.0 Å². The second-order valence-corrected chi connectivity index (χ2v) is 4.78. The average Bonchev–Trinajstić information content (AvgIpc) is 2.35. The predicted molar refractivity (Wildman–Crippen MR) is 69.5 cm³/mol. The van der Waals surface area contributed by atoms with Gasteiger partial charge in [0.25, 0.3) is 0 Å². The maximum atomic E-state index is 5.09. The van der Waals surface area contributed by atoms with E-state index in [1.165, 1.54) is 12.8 Å². The summed E-state index contributed by atoms with van der Waals surface area (Å²) in [5, 5.41) is 3.49. The third-order valence-corrected chi connectivity index (χ3v) is 3.53. The summed E-state index contributed by atoms with van der Waals surface area (Å²) in [6.45, 7) is 3.42. The standard InChI is InChI=1S/C13H21N3O/c1-10-8-11(6-7-16(10)2)15-13-5-4-12(17-3)9-14-13/h4-5,9-11H,6-8H2,1-3H3,(H,14,15). The van der Waals surface area contributed by atoms with E-state index in [4.69, 9.17) is 4.74 Å². The lowest BCUT2D eigenvalue weighted by Gasteiger charge is -2.35. The van der Waals surface area contributed by atoms with Crippen molar-refractivity contribution in [1.82, 2.24) is 9.88 Å². The number of anilines is 1. The molecule has 0 aliphatic carbocycles. The van der Waals surface area contributed by atoms with Gasteiger partial charge in [-0.15, -0.1) is 0 Å². The fourth-order valence-corrected chi connectivity index (χ4v) is 2.22. The minimum Gasteiger partial charge on any atom is -0.495 e. The number of pyridine rings is 1. The summed E-state index contributed by atoms with van der Waals surface area (Å²) in [5.74, 6) is 1.74. The number of piperidine rings is 1. The van der Waals surface area contributed by atoms with Crippen LogP contribution in [0.15, 0.2) is 18.3 Å². The highest BCUT2D eigenvalue weighted by atomic mass is 16.5. The number of hydrogen-bond acceptors (Lipinski definition) is 4. The zero-order valence-corrected chi connectivity index (χ0v) is 10.8. The van der Waals surface area contributed by atoms with Crippen molar-refractivity contribution in [2.45, 2.75) is 31.8 Å². The molecule has 0 spiro atoms. The highest BCUT2D eigenvalue weighted by Gasteiger charge is 2.22. The maximum Gasteiger partial charge on any atom is 0.137 e. The number of aromatic nitrogens is 1. The van der Waals surface area contributed by atoms with Crippen LogP contribution in [-0.4, -0.2) is 42.7 Å². The van der Waals surface area contributed by atoms with Crippen LogP contribution in [0.1, 0.15) is 19.8 Å². The number of nitrogens with one attached hydrogen (secondary N) is 1. The molecule has 2 heterocycles. The molecule has 94 valence electrons. The Hall–Kier alpha value is -1.29. The van der Waals surface area contributed by atoms with Crippen molar-refractivity contribution < 1.29 is 4.74 Å². The molecule has 1 aliphatic heterocycles. The van der Waals surface area contributed by atoms with E-state index in [0.717, 1.165) is 18.1 Å². The molecule has 1 fully saturated rings. The van der Waals surface area contributed by atoms with Crippen molar-refractivity contribution in [3.63, 3.8) is 0 Å². The predicted octanol–water partition coefficient (Wildman–Crippen LogP) is 1.98. The minimum absolute atomic E-state index is 0.530. The molecule has 4 nitrogen and oxygen atoms in total. The lowest BCUT2D eigenvalue weighted by atomic mass is 9.99. The first-order valence-corrected chi connectivity index (χ1v) is 6.16. The lowest BCUT2D eigenvalue weighted by molar-refractivity contribution is 0.190. The first-order chi connectivity index (χ1) is 8.19. The summed E-state index contributed by atoms with van der Waals surface area (Å²) in [6, 6.07) is 5.08. The van der Waals surface area contributed by atoms with Crippen LogP contribution in [0.3, 0.4) is 0 Å². The molecule has 1 saturated heterocycles.